The third-order valence-corrected chi connectivity index (χ3v) is 3.91. The SMILES string of the molecule is COCc1cc(CNC(=O)c2csc(CCN)n2)ccc1F.Cl. The normalized spacial score (nSPS) is 10.2. The lowest BCUT2D eigenvalue weighted by atomic mass is 10.1. The van der Waals surface area contributed by atoms with Crippen LogP contribution in [0.5, 0.6) is 0 Å². The molecule has 8 heteroatoms. The molecule has 0 aliphatic rings. The largest absolute Gasteiger partial charge is 0.380 e. The second-order valence-corrected chi connectivity index (χ2v) is 5.65. The number of thiazole rings is 1. The Balaban J connectivity index is 0.00000264. The first-order valence-electron chi connectivity index (χ1n) is 6.83. The Morgan fingerprint density at radius 2 is 2.26 bits per heavy atom. The summed E-state index contributed by atoms with van der Waals surface area (Å²) in [7, 11) is 1.51. The summed E-state index contributed by atoms with van der Waals surface area (Å²) in [6.07, 6.45) is 0.663. The third-order valence-electron chi connectivity index (χ3n) is 3.01. The number of amides is 1. The van der Waals surface area contributed by atoms with E-state index in [1.54, 1.807) is 17.5 Å². The minimum absolute atomic E-state index is 0. The van der Waals surface area contributed by atoms with Gasteiger partial charge in [-0.2, -0.15) is 0 Å². The molecule has 0 fully saturated rings. The van der Waals surface area contributed by atoms with Gasteiger partial charge in [0, 0.05) is 31.0 Å². The fourth-order valence-electron chi connectivity index (χ4n) is 1.93. The van der Waals surface area contributed by atoms with Crippen molar-refractivity contribution in [1.29, 1.82) is 0 Å². The van der Waals surface area contributed by atoms with E-state index in [2.05, 4.69) is 10.3 Å². The van der Waals surface area contributed by atoms with Gasteiger partial charge in [0.15, 0.2) is 0 Å². The topological polar surface area (TPSA) is 77.2 Å². The second kappa shape index (κ2) is 9.57. The standard InChI is InChI=1S/C15H18FN3O2S.ClH/c1-21-8-11-6-10(2-3-12(11)16)7-18-15(20)13-9-22-14(19-13)4-5-17;/h2-3,6,9H,4-5,7-8,17H2,1H3,(H,18,20);1H. The van der Waals surface area contributed by atoms with E-state index in [-0.39, 0.29) is 30.7 Å². The number of nitrogens with two attached hydrogens (primary N) is 1. The molecule has 0 saturated carbocycles. The van der Waals surface area contributed by atoms with Gasteiger partial charge in [-0.1, -0.05) is 6.07 Å². The number of aromatic nitrogens is 1. The molecule has 0 atom stereocenters. The lowest BCUT2D eigenvalue weighted by molar-refractivity contribution is 0.0946. The maximum atomic E-state index is 13.5. The van der Waals surface area contributed by atoms with Gasteiger partial charge in [-0.25, -0.2) is 9.37 Å². The van der Waals surface area contributed by atoms with Gasteiger partial charge in [-0.15, -0.1) is 23.7 Å². The summed E-state index contributed by atoms with van der Waals surface area (Å²) in [6, 6.07) is 4.69. The molecule has 1 amide bonds. The Bertz CT molecular complexity index is 651. The van der Waals surface area contributed by atoms with Crippen molar-refractivity contribution < 1.29 is 13.9 Å². The third kappa shape index (κ3) is 5.54. The van der Waals surface area contributed by atoms with E-state index in [0.29, 0.717) is 30.8 Å². The first-order valence-corrected chi connectivity index (χ1v) is 7.71. The number of carbonyl (C=O) groups is 1. The molecular formula is C15H19ClFN3O2S. The second-order valence-electron chi connectivity index (χ2n) is 4.71. The number of methoxy groups -OCH3 is 1. The highest BCUT2D eigenvalue weighted by molar-refractivity contribution is 7.09. The van der Waals surface area contributed by atoms with Crippen molar-refractivity contribution in [2.75, 3.05) is 13.7 Å². The Kier molecular flexibility index (Phi) is 8.11. The highest BCUT2D eigenvalue weighted by atomic mass is 35.5. The number of hydrogen-bond acceptors (Lipinski definition) is 5. The van der Waals surface area contributed by atoms with Crippen LogP contribution in [0.1, 0.15) is 26.6 Å². The first-order chi connectivity index (χ1) is 10.6. The number of nitrogens with one attached hydrogen (secondary N) is 1. The van der Waals surface area contributed by atoms with E-state index in [9.17, 15) is 9.18 Å². The number of carbonyl (C=O) groups excluding carboxylic acids is 1. The zero-order chi connectivity index (χ0) is 15.9. The van der Waals surface area contributed by atoms with Crippen LogP contribution in [-0.2, 0) is 24.3 Å². The molecule has 1 aromatic carbocycles. The highest BCUT2D eigenvalue weighted by Crippen LogP contribution is 2.13. The Labute approximate surface area is 144 Å². The van der Waals surface area contributed by atoms with Gasteiger partial charge in [0.1, 0.15) is 11.5 Å². The van der Waals surface area contributed by atoms with Crippen LogP contribution in [0.3, 0.4) is 0 Å². The molecule has 0 saturated heterocycles. The zero-order valence-corrected chi connectivity index (χ0v) is 14.3. The summed E-state index contributed by atoms with van der Waals surface area (Å²) < 4.78 is 18.4. The molecule has 0 aliphatic heterocycles. The van der Waals surface area contributed by atoms with Gasteiger partial charge in [0.25, 0.3) is 5.91 Å². The summed E-state index contributed by atoms with van der Waals surface area (Å²) >= 11 is 1.42. The first kappa shape index (κ1) is 19.5. The molecule has 1 aromatic heterocycles. The molecule has 0 unspecified atom stereocenters. The number of ether oxygens (including phenoxy) is 1. The number of halogens is 2. The summed E-state index contributed by atoms with van der Waals surface area (Å²) in [5.41, 5.74) is 7.11. The molecule has 0 bridgehead atoms. The van der Waals surface area contributed by atoms with Crippen molar-refractivity contribution in [2.24, 2.45) is 5.73 Å². The van der Waals surface area contributed by atoms with Crippen LogP contribution in [0.2, 0.25) is 0 Å². The van der Waals surface area contributed by atoms with Crippen molar-refractivity contribution in [2.45, 2.75) is 19.6 Å². The van der Waals surface area contributed by atoms with Crippen molar-refractivity contribution in [3.63, 3.8) is 0 Å². The minimum atomic E-state index is -0.317. The van der Waals surface area contributed by atoms with Gasteiger partial charge in [0.2, 0.25) is 0 Å². The van der Waals surface area contributed by atoms with E-state index < -0.39 is 0 Å². The van der Waals surface area contributed by atoms with Crippen LogP contribution >= 0.6 is 23.7 Å². The van der Waals surface area contributed by atoms with Crippen molar-refractivity contribution in [3.8, 4) is 0 Å². The summed E-state index contributed by atoms with van der Waals surface area (Å²) in [5.74, 6) is -0.569. The molecule has 2 rings (SSSR count). The molecule has 0 radical (unpaired) electrons. The van der Waals surface area contributed by atoms with Crippen LogP contribution in [0.4, 0.5) is 4.39 Å². The van der Waals surface area contributed by atoms with Crippen molar-refractivity contribution >= 4 is 29.7 Å². The summed E-state index contributed by atoms with van der Waals surface area (Å²) in [6.45, 7) is 1.01. The lowest BCUT2D eigenvalue weighted by Crippen LogP contribution is -2.23. The number of benzene rings is 1. The maximum absolute atomic E-state index is 13.5. The van der Waals surface area contributed by atoms with E-state index in [4.69, 9.17) is 10.5 Å². The molecule has 0 aliphatic carbocycles. The molecule has 0 spiro atoms. The van der Waals surface area contributed by atoms with Gasteiger partial charge in [-0.05, 0) is 24.2 Å². The number of hydrogen-bond donors (Lipinski definition) is 2. The monoisotopic (exact) mass is 359 g/mol. The molecule has 1 heterocycles. The zero-order valence-electron chi connectivity index (χ0n) is 12.7. The highest BCUT2D eigenvalue weighted by Gasteiger charge is 2.11. The van der Waals surface area contributed by atoms with Crippen LogP contribution in [0.15, 0.2) is 23.6 Å². The molecule has 3 N–H and O–H groups in total. The van der Waals surface area contributed by atoms with Crippen LogP contribution in [0.25, 0.3) is 0 Å². The van der Waals surface area contributed by atoms with E-state index >= 15 is 0 Å². The Hall–Kier alpha value is -1.54. The fraction of sp³-hybridized carbons (Fsp3) is 0.333. The molecule has 23 heavy (non-hydrogen) atoms. The molecular weight excluding hydrogens is 341 g/mol. The van der Waals surface area contributed by atoms with E-state index in [0.717, 1.165) is 10.6 Å². The summed E-state index contributed by atoms with van der Waals surface area (Å²) in [5, 5.41) is 5.32. The average molecular weight is 360 g/mol. The number of nitrogens with zero attached hydrogens (tertiary/aromatic N) is 1. The fourth-order valence-corrected chi connectivity index (χ4v) is 2.72. The average Bonchev–Trinajstić information content (AvgIpc) is 2.97. The molecule has 2 aromatic rings. The van der Waals surface area contributed by atoms with Crippen LogP contribution in [0, 0.1) is 5.82 Å². The van der Waals surface area contributed by atoms with Gasteiger partial charge < -0.3 is 15.8 Å². The quantitative estimate of drug-likeness (QED) is 0.795. The number of rotatable bonds is 7. The van der Waals surface area contributed by atoms with E-state index in [1.165, 1.54) is 24.5 Å². The van der Waals surface area contributed by atoms with Crippen molar-refractivity contribution in [3.05, 3.63) is 51.2 Å². The van der Waals surface area contributed by atoms with Gasteiger partial charge in [-0.3, -0.25) is 4.79 Å². The predicted octanol–water partition coefficient (Wildman–Crippen LogP) is 2.28. The molecule has 5 nitrogen and oxygen atoms in total. The predicted molar refractivity (Wildman–Crippen MR) is 90.4 cm³/mol. The lowest BCUT2D eigenvalue weighted by Gasteiger charge is -2.07. The van der Waals surface area contributed by atoms with Gasteiger partial charge >= 0.3 is 0 Å². The Morgan fingerprint density at radius 3 is 2.96 bits per heavy atom. The Morgan fingerprint density at radius 1 is 1.48 bits per heavy atom. The molecule has 126 valence electrons. The maximum Gasteiger partial charge on any atom is 0.271 e. The van der Waals surface area contributed by atoms with E-state index in [1.807, 2.05) is 0 Å². The van der Waals surface area contributed by atoms with Crippen LogP contribution in [-0.4, -0.2) is 24.5 Å². The van der Waals surface area contributed by atoms with Crippen molar-refractivity contribution in [1.82, 2.24) is 10.3 Å². The van der Waals surface area contributed by atoms with Gasteiger partial charge in [0.05, 0.1) is 11.6 Å². The van der Waals surface area contributed by atoms with Crippen LogP contribution < -0.4 is 11.1 Å². The minimum Gasteiger partial charge on any atom is -0.380 e. The smallest absolute Gasteiger partial charge is 0.271 e. The summed E-state index contributed by atoms with van der Waals surface area (Å²) in [4.78, 5) is 16.2.